The van der Waals surface area contributed by atoms with Gasteiger partial charge in [0.05, 0.1) is 0 Å². The van der Waals surface area contributed by atoms with E-state index in [4.69, 9.17) is 0 Å². The zero-order valence-electron chi connectivity index (χ0n) is 21.3. The summed E-state index contributed by atoms with van der Waals surface area (Å²) in [7, 11) is 0. The Hall–Kier alpha value is -4.21. The van der Waals surface area contributed by atoms with Gasteiger partial charge in [-0.2, -0.15) is 0 Å². The largest absolute Gasteiger partial charge is 0.0622 e. The molecule has 0 atom stereocenters. The van der Waals surface area contributed by atoms with Crippen LogP contribution in [-0.4, -0.2) is 0 Å². The molecule has 184 valence electrons. The summed E-state index contributed by atoms with van der Waals surface area (Å²) in [4.78, 5) is 0. The molecule has 0 fully saturated rings. The van der Waals surface area contributed by atoms with Gasteiger partial charge in [0.25, 0.3) is 0 Å². The van der Waals surface area contributed by atoms with Gasteiger partial charge < -0.3 is 0 Å². The van der Waals surface area contributed by atoms with Gasteiger partial charge in [0.15, 0.2) is 0 Å². The van der Waals surface area contributed by atoms with Gasteiger partial charge in [-0.3, -0.25) is 0 Å². The van der Waals surface area contributed by atoms with E-state index in [1.807, 2.05) is 0 Å². The number of rotatable bonds is 4. The summed E-state index contributed by atoms with van der Waals surface area (Å²) >= 11 is 2.45. The predicted molar refractivity (Wildman–Crippen MR) is 176 cm³/mol. The maximum absolute atomic E-state index is 2.45. The fraction of sp³-hybridized carbons (Fsp3) is 0. The van der Waals surface area contributed by atoms with Gasteiger partial charge in [-0.25, -0.2) is 0 Å². The van der Waals surface area contributed by atoms with Crippen molar-refractivity contribution in [2.75, 3.05) is 0 Å². The second-order valence-corrected chi connectivity index (χ2v) is 11.1. The van der Waals surface area contributed by atoms with Crippen LogP contribution < -0.4 is 0 Å². The first-order chi connectivity index (χ1) is 19.3. The molecule has 0 saturated carbocycles. The molecule has 0 spiro atoms. The van der Waals surface area contributed by atoms with Crippen molar-refractivity contribution in [1.82, 2.24) is 0 Å². The molecule has 0 bridgehead atoms. The molecular weight excluding hydrogens is 583 g/mol. The summed E-state index contributed by atoms with van der Waals surface area (Å²) in [5.74, 6) is 0. The quantitative estimate of drug-likeness (QED) is 0.138. The number of fused-ring (bicyclic) bond motifs is 2. The molecule has 0 aromatic heterocycles. The Balaban J connectivity index is 1.63. The summed E-state index contributed by atoms with van der Waals surface area (Å²) in [6, 6.07) is 54.9. The summed E-state index contributed by atoms with van der Waals surface area (Å²) in [5, 5.41) is 5.10. The molecule has 0 aliphatic heterocycles. The fourth-order valence-electron chi connectivity index (χ4n) is 5.87. The molecule has 7 aromatic carbocycles. The smallest absolute Gasteiger partial charge is 0.0136 e. The lowest BCUT2D eigenvalue weighted by atomic mass is 9.82. The highest BCUT2D eigenvalue weighted by atomic mass is 127. The van der Waals surface area contributed by atoms with Crippen molar-refractivity contribution < 1.29 is 0 Å². The monoisotopic (exact) mass is 608 g/mol. The Morgan fingerprint density at radius 2 is 0.692 bits per heavy atom. The first kappa shape index (κ1) is 23.9. The third kappa shape index (κ3) is 4.24. The van der Waals surface area contributed by atoms with E-state index < -0.39 is 0 Å². The number of hydrogen-bond donors (Lipinski definition) is 0. The molecule has 0 unspecified atom stereocenters. The van der Waals surface area contributed by atoms with Crippen LogP contribution in [0.15, 0.2) is 152 Å². The van der Waals surface area contributed by atoms with E-state index in [-0.39, 0.29) is 0 Å². The van der Waals surface area contributed by atoms with E-state index in [2.05, 4.69) is 174 Å². The molecule has 0 heterocycles. The average Bonchev–Trinajstić information content (AvgIpc) is 3.01. The Morgan fingerprint density at radius 1 is 0.308 bits per heavy atom. The van der Waals surface area contributed by atoms with Crippen LogP contribution in [0.3, 0.4) is 0 Å². The van der Waals surface area contributed by atoms with Gasteiger partial charge in [0.1, 0.15) is 0 Å². The van der Waals surface area contributed by atoms with E-state index in [9.17, 15) is 0 Å². The molecule has 0 saturated heterocycles. The van der Waals surface area contributed by atoms with Crippen LogP contribution in [0.4, 0.5) is 0 Å². The van der Waals surface area contributed by atoms with Crippen LogP contribution in [0.25, 0.3) is 66.1 Å². The van der Waals surface area contributed by atoms with Crippen molar-refractivity contribution >= 4 is 44.1 Å². The lowest BCUT2D eigenvalue weighted by Gasteiger charge is -2.21. The molecule has 7 rings (SSSR count). The third-order valence-electron chi connectivity index (χ3n) is 7.55. The van der Waals surface area contributed by atoms with Gasteiger partial charge in [-0.05, 0) is 101 Å². The van der Waals surface area contributed by atoms with E-state index in [0.29, 0.717) is 0 Å². The average molecular weight is 609 g/mol. The maximum Gasteiger partial charge on any atom is 0.0136 e. The third-order valence-corrected chi connectivity index (χ3v) is 8.22. The number of hydrogen-bond acceptors (Lipinski definition) is 0. The van der Waals surface area contributed by atoms with E-state index in [0.717, 1.165) is 0 Å². The van der Waals surface area contributed by atoms with Crippen molar-refractivity contribution in [2.24, 2.45) is 0 Å². The number of benzene rings is 7. The Labute approximate surface area is 242 Å². The lowest BCUT2D eigenvalue weighted by Crippen LogP contribution is -1.94. The zero-order valence-corrected chi connectivity index (χ0v) is 23.5. The molecule has 0 nitrogen and oxygen atoms in total. The molecule has 39 heavy (non-hydrogen) atoms. The molecular formula is C38H25I. The first-order valence-corrected chi connectivity index (χ1v) is 14.3. The minimum atomic E-state index is 1.23. The summed E-state index contributed by atoms with van der Waals surface area (Å²) < 4.78 is 1.23. The molecule has 7 aromatic rings. The Morgan fingerprint density at radius 3 is 1.21 bits per heavy atom. The van der Waals surface area contributed by atoms with Crippen molar-refractivity contribution in [3.63, 3.8) is 0 Å². The normalized spacial score (nSPS) is 11.2. The van der Waals surface area contributed by atoms with Crippen LogP contribution >= 0.6 is 22.6 Å². The first-order valence-electron chi connectivity index (χ1n) is 13.2. The van der Waals surface area contributed by atoms with Crippen LogP contribution in [0.1, 0.15) is 0 Å². The topological polar surface area (TPSA) is 0 Å². The zero-order chi connectivity index (χ0) is 26.2. The molecule has 0 aliphatic carbocycles. The molecule has 0 N–H and O–H groups in total. The predicted octanol–water partition coefficient (Wildman–Crippen LogP) is 11.3. The van der Waals surface area contributed by atoms with Gasteiger partial charge in [-0.15, -0.1) is 0 Å². The highest BCUT2D eigenvalue weighted by Gasteiger charge is 2.20. The SMILES string of the molecule is Ic1ccc2c(-c3ccccc3-c3ccccc3)c3ccccc3c(-c3ccccc3-c3ccccc3)c2c1. The lowest BCUT2D eigenvalue weighted by molar-refractivity contribution is 1.59. The highest BCUT2D eigenvalue weighted by molar-refractivity contribution is 14.1. The Bertz CT molecular complexity index is 1950. The highest BCUT2D eigenvalue weighted by Crippen LogP contribution is 2.47. The van der Waals surface area contributed by atoms with Gasteiger partial charge >= 0.3 is 0 Å². The van der Waals surface area contributed by atoms with Crippen LogP contribution in [0, 0.1) is 3.57 Å². The van der Waals surface area contributed by atoms with Gasteiger partial charge in [-0.1, -0.05) is 140 Å². The standard InChI is InChI=1S/C38H25I/c39-28-23-24-35-36(25-28)38(32-20-10-8-18-30(32)27-15-5-2-6-16-27)34-22-12-11-21-33(34)37(35)31-19-9-7-17-29(31)26-13-3-1-4-14-26/h1-25H. The fourth-order valence-corrected chi connectivity index (χ4v) is 6.36. The van der Waals surface area contributed by atoms with Crippen molar-refractivity contribution in [3.05, 3.63) is 155 Å². The van der Waals surface area contributed by atoms with Gasteiger partial charge in [0.2, 0.25) is 0 Å². The van der Waals surface area contributed by atoms with Crippen LogP contribution in [0.2, 0.25) is 0 Å². The summed E-state index contributed by atoms with van der Waals surface area (Å²) in [6.07, 6.45) is 0. The molecule has 0 radical (unpaired) electrons. The Kier molecular flexibility index (Phi) is 6.22. The van der Waals surface area contributed by atoms with Crippen molar-refractivity contribution in [2.45, 2.75) is 0 Å². The van der Waals surface area contributed by atoms with Crippen LogP contribution in [-0.2, 0) is 0 Å². The second kappa shape index (κ2) is 10.2. The minimum absolute atomic E-state index is 1.23. The van der Waals surface area contributed by atoms with E-state index in [1.54, 1.807) is 0 Å². The summed E-state index contributed by atoms with van der Waals surface area (Å²) in [6.45, 7) is 0. The summed E-state index contributed by atoms with van der Waals surface area (Å²) in [5.41, 5.74) is 10.1. The van der Waals surface area contributed by atoms with Crippen molar-refractivity contribution in [1.29, 1.82) is 0 Å². The van der Waals surface area contributed by atoms with E-state index in [1.165, 1.54) is 69.6 Å². The van der Waals surface area contributed by atoms with Gasteiger partial charge in [0, 0.05) is 3.57 Å². The molecule has 0 aliphatic rings. The second-order valence-electron chi connectivity index (χ2n) is 9.81. The number of halogens is 1. The minimum Gasteiger partial charge on any atom is -0.0622 e. The van der Waals surface area contributed by atoms with Crippen molar-refractivity contribution in [3.8, 4) is 44.5 Å². The van der Waals surface area contributed by atoms with Crippen LogP contribution in [0.5, 0.6) is 0 Å². The maximum atomic E-state index is 2.45. The molecule has 1 heteroatoms. The van der Waals surface area contributed by atoms with E-state index >= 15 is 0 Å². The molecule has 0 amide bonds.